The number of rotatable bonds is 5. The summed E-state index contributed by atoms with van der Waals surface area (Å²) in [6.45, 7) is 3.36. The maximum absolute atomic E-state index is 11.4. The zero-order chi connectivity index (χ0) is 13.9. The van der Waals surface area contributed by atoms with E-state index in [4.69, 9.17) is 4.74 Å². The van der Waals surface area contributed by atoms with Gasteiger partial charge in [0.25, 0.3) is 0 Å². The Hall–Kier alpha value is -1.07. The molecule has 0 aromatic heterocycles. The first kappa shape index (κ1) is 14.3. The van der Waals surface area contributed by atoms with Gasteiger partial charge >= 0.3 is 0 Å². The SMILES string of the molecule is Cc1ccc(OCCN(C)[C@H]2CCS(=O)(=O)C2)cc1. The minimum atomic E-state index is -2.80. The van der Waals surface area contributed by atoms with Crippen LogP contribution in [0.1, 0.15) is 12.0 Å². The Bertz CT molecular complexity index is 510. The molecule has 2 rings (SSSR count). The zero-order valence-corrected chi connectivity index (χ0v) is 12.3. The first-order chi connectivity index (χ1) is 8.96. The molecule has 1 aromatic carbocycles. The number of hydrogen-bond donors (Lipinski definition) is 0. The van der Waals surface area contributed by atoms with E-state index in [0.717, 1.165) is 18.7 Å². The lowest BCUT2D eigenvalue weighted by atomic mass is 10.2. The van der Waals surface area contributed by atoms with Crippen LogP contribution in [-0.2, 0) is 9.84 Å². The predicted octanol–water partition coefficient (Wildman–Crippen LogP) is 1.49. The lowest BCUT2D eigenvalue weighted by Crippen LogP contribution is -2.35. The Morgan fingerprint density at radius 2 is 2.00 bits per heavy atom. The van der Waals surface area contributed by atoms with Gasteiger partial charge in [0.1, 0.15) is 12.4 Å². The third-order valence-corrected chi connectivity index (χ3v) is 5.32. The Balaban J connectivity index is 1.75. The normalized spacial score (nSPS) is 21.7. The van der Waals surface area contributed by atoms with E-state index in [1.807, 2.05) is 38.2 Å². The van der Waals surface area contributed by atoms with Gasteiger partial charge in [-0.25, -0.2) is 8.42 Å². The van der Waals surface area contributed by atoms with E-state index < -0.39 is 9.84 Å². The number of sulfone groups is 1. The van der Waals surface area contributed by atoms with Gasteiger partial charge in [-0.1, -0.05) is 17.7 Å². The second-order valence-electron chi connectivity index (χ2n) is 5.20. The van der Waals surface area contributed by atoms with Gasteiger partial charge in [0.15, 0.2) is 9.84 Å². The number of ether oxygens (including phenoxy) is 1. The maximum Gasteiger partial charge on any atom is 0.151 e. The Morgan fingerprint density at radius 1 is 1.32 bits per heavy atom. The van der Waals surface area contributed by atoms with Crippen molar-refractivity contribution in [2.24, 2.45) is 0 Å². The van der Waals surface area contributed by atoms with E-state index in [0.29, 0.717) is 12.4 Å². The van der Waals surface area contributed by atoms with E-state index in [-0.39, 0.29) is 11.8 Å². The third-order valence-electron chi connectivity index (χ3n) is 3.57. The maximum atomic E-state index is 11.4. The second-order valence-corrected chi connectivity index (χ2v) is 7.43. The Morgan fingerprint density at radius 3 is 2.58 bits per heavy atom. The lowest BCUT2D eigenvalue weighted by Gasteiger charge is -2.22. The van der Waals surface area contributed by atoms with Crippen LogP contribution in [-0.4, -0.2) is 51.1 Å². The highest BCUT2D eigenvalue weighted by molar-refractivity contribution is 7.91. The predicted molar refractivity (Wildman–Crippen MR) is 76.4 cm³/mol. The van der Waals surface area contributed by atoms with Gasteiger partial charge in [-0.05, 0) is 32.5 Å². The van der Waals surface area contributed by atoms with Gasteiger partial charge in [0.05, 0.1) is 11.5 Å². The summed E-state index contributed by atoms with van der Waals surface area (Å²) in [6, 6.07) is 8.09. The molecule has 19 heavy (non-hydrogen) atoms. The van der Waals surface area contributed by atoms with Gasteiger partial charge in [-0.15, -0.1) is 0 Å². The number of nitrogens with zero attached hydrogens (tertiary/aromatic N) is 1. The summed E-state index contributed by atoms with van der Waals surface area (Å²) in [5.74, 6) is 1.47. The van der Waals surface area contributed by atoms with Crippen LogP contribution >= 0.6 is 0 Å². The van der Waals surface area contributed by atoms with E-state index in [9.17, 15) is 8.42 Å². The molecule has 1 atom stereocenters. The molecule has 0 bridgehead atoms. The highest BCUT2D eigenvalue weighted by Crippen LogP contribution is 2.16. The molecule has 1 fully saturated rings. The van der Waals surface area contributed by atoms with Gasteiger partial charge < -0.3 is 4.74 Å². The van der Waals surface area contributed by atoms with Crippen LogP contribution in [0.25, 0.3) is 0 Å². The highest BCUT2D eigenvalue weighted by Gasteiger charge is 2.30. The number of benzene rings is 1. The van der Waals surface area contributed by atoms with Crippen LogP contribution in [0.5, 0.6) is 5.75 Å². The summed E-state index contributed by atoms with van der Waals surface area (Å²) >= 11 is 0. The fraction of sp³-hybridized carbons (Fsp3) is 0.571. The van der Waals surface area contributed by atoms with Crippen LogP contribution in [0.15, 0.2) is 24.3 Å². The molecule has 106 valence electrons. The van der Waals surface area contributed by atoms with Gasteiger partial charge in [0.2, 0.25) is 0 Å². The quantitative estimate of drug-likeness (QED) is 0.821. The van der Waals surface area contributed by atoms with E-state index in [1.54, 1.807) is 0 Å². The molecule has 1 aliphatic heterocycles. The molecule has 4 nitrogen and oxygen atoms in total. The standard InChI is InChI=1S/C14H21NO3S/c1-12-3-5-14(6-4-12)18-9-8-15(2)13-7-10-19(16,17)11-13/h3-6,13H,7-11H2,1-2H3/t13-/m0/s1. The summed E-state index contributed by atoms with van der Waals surface area (Å²) in [4.78, 5) is 2.08. The number of aryl methyl sites for hydroxylation is 1. The zero-order valence-electron chi connectivity index (χ0n) is 11.5. The summed E-state index contributed by atoms with van der Waals surface area (Å²) in [5, 5.41) is 0. The Labute approximate surface area is 115 Å². The summed E-state index contributed by atoms with van der Waals surface area (Å²) in [7, 11) is -0.843. The summed E-state index contributed by atoms with van der Waals surface area (Å²) < 4.78 is 28.5. The fourth-order valence-electron chi connectivity index (χ4n) is 2.25. The molecular weight excluding hydrogens is 262 g/mol. The van der Waals surface area contributed by atoms with Crippen LogP contribution in [0.2, 0.25) is 0 Å². The van der Waals surface area contributed by atoms with Crippen molar-refractivity contribution in [3.63, 3.8) is 0 Å². The topological polar surface area (TPSA) is 46.6 Å². The lowest BCUT2D eigenvalue weighted by molar-refractivity contribution is 0.202. The van der Waals surface area contributed by atoms with Crippen molar-refractivity contribution in [3.05, 3.63) is 29.8 Å². The summed E-state index contributed by atoms with van der Waals surface area (Å²) in [5.41, 5.74) is 1.21. The molecule has 0 saturated carbocycles. The van der Waals surface area contributed by atoms with Crippen molar-refractivity contribution in [3.8, 4) is 5.75 Å². The van der Waals surface area contributed by atoms with Crippen molar-refractivity contribution in [1.29, 1.82) is 0 Å². The average molecular weight is 283 g/mol. The minimum Gasteiger partial charge on any atom is -0.492 e. The van der Waals surface area contributed by atoms with Crippen LogP contribution < -0.4 is 4.74 Å². The highest BCUT2D eigenvalue weighted by atomic mass is 32.2. The number of hydrogen-bond acceptors (Lipinski definition) is 4. The van der Waals surface area contributed by atoms with Crippen molar-refractivity contribution in [2.45, 2.75) is 19.4 Å². The Kier molecular flexibility index (Phi) is 4.47. The third kappa shape index (κ3) is 4.21. The average Bonchev–Trinajstić information content (AvgIpc) is 2.72. The minimum absolute atomic E-state index is 0.145. The van der Waals surface area contributed by atoms with E-state index in [1.165, 1.54) is 5.56 Å². The van der Waals surface area contributed by atoms with Crippen molar-refractivity contribution in [1.82, 2.24) is 4.90 Å². The van der Waals surface area contributed by atoms with E-state index >= 15 is 0 Å². The van der Waals surface area contributed by atoms with Crippen LogP contribution in [0.3, 0.4) is 0 Å². The fourth-order valence-corrected chi connectivity index (χ4v) is 4.05. The molecule has 0 unspecified atom stereocenters. The molecule has 1 heterocycles. The molecule has 0 aliphatic carbocycles. The monoisotopic (exact) mass is 283 g/mol. The molecule has 0 N–H and O–H groups in total. The molecule has 0 amide bonds. The van der Waals surface area contributed by atoms with Gasteiger partial charge in [0, 0.05) is 12.6 Å². The van der Waals surface area contributed by atoms with Crippen molar-refractivity contribution < 1.29 is 13.2 Å². The molecule has 0 spiro atoms. The van der Waals surface area contributed by atoms with Gasteiger partial charge in [-0.2, -0.15) is 0 Å². The first-order valence-electron chi connectivity index (χ1n) is 6.56. The first-order valence-corrected chi connectivity index (χ1v) is 8.38. The smallest absolute Gasteiger partial charge is 0.151 e. The number of likely N-dealkylation sites (N-methyl/N-ethyl adjacent to an activating group) is 1. The second kappa shape index (κ2) is 5.92. The van der Waals surface area contributed by atoms with Crippen LogP contribution in [0.4, 0.5) is 0 Å². The molecule has 0 radical (unpaired) electrons. The van der Waals surface area contributed by atoms with E-state index in [2.05, 4.69) is 4.90 Å². The molecule has 1 aromatic rings. The van der Waals surface area contributed by atoms with Crippen molar-refractivity contribution >= 4 is 9.84 Å². The largest absolute Gasteiger partial charge is 0.492 e. The molecular formula is C14H21NO3S. The summed E-state index contributed by atoms with van der Waals surface area (Å²) in [6.07, 6.45) is 0.739. The molecule has 1 aliphatic rings. The molecule has 1 saturated heterocycles. The van der Waals surface area contributed by atoms with Crippen molar-refractivity contribution in [2.75, 3.05) is 31.7 Å². The van der Waals surface area contributed by atoms with Gasteiger partial charge in [-0.3, -0.25) is 4.90 Å². The van der Waals surface area contributed by atoms with Crippen LogP contribution in [0, 0.1) is 6.92 Å². The molecule has 5 heteroatoms.